The lowest BCUT2D eigenvalue weighted by molar-refractivity contribution is -0.555. The molecule has 0 aromatic heterocycles. The minimum atomic E-state index is -4.42. The van der Waals surface area contributed by atoms with E-state index in [0.29, 0.717) is 0 Å². The summed E-state index contributed by atoms with van der Waals surface area (Å²) >= 11 is 0. The SMILES string of the molecule is CCCCCCCCCCCCCCCCCCC(CCCCCCCCCCCCCCCCCC)[N+]1=CN(CC)CC1.CCOS(=O)(=O)[O-]. The van der Waals surface area contributed by atoms with Gasteiger partial charge in [0.1, 0.15) is 13.1 Å². The van der Waals surface area contributed by atoms with Gasteiger partial charge >= 0.3 is 0 Å². The molecule has 1 aliphatic heterocycles. The van der Waals surface area contributed by atoms with Gasteiger partial charge in [-0.2, -0.15) is 0 Å². The second-order valence-electron chi connectivity index (χ2n) is 15.6. The summed E-state index contributed by atoms with van der Waals surface area (Å²) < 4.78 is 34.7. The molecule has 306 valence electrons. The zero-order chi connectivity index (χ0) is 37.5. The van der Waals surface area contributed by atoms with E-state index in [2.05, 4.69) is 40.8 Å². The van der Waals surface area contributed by atoms with Crippen molar-refractivity contribution < 1.29 is 21.7 Å². The molecule has 0 atom stereocenters. The maximum Gasteiger partial charge on any atom is 0.234 e. The Hall–Kier alpha value is -0.660. The molecule has 0 saturated carbocycles. The molecule has 0 unspecified atom stereocenters. The van der Waals surface area contributed by atoms with Crippen LogP contribution in [0.15, 0.2) is 0 Å². The second kappa shape index (κ2) is 39.0. The molecule has 0 aromatic rings. The van der Waals surface area contributed by atoms with Crippen LogP contribution in [0.1, 0.15) is 246 Å². The summed E-state index contributed by atoms with van der Waals surface area (Å²) in [7, 11) is -4.42. The molecule has 1 heterocycles. The molecule has 0 fully saturated rings. The number of hydrogen-bond donors (Lipinski definition) is 0. The molecule has 0 radical (unpaired) electrons. The van der Waals surface area contributed by atoms with Crippen molar-refractivity contribution in [1.82, 2.24) is 4.90 Å². The van der Waals surface area contributed by atoms with Crippen LogP contribution in [0.3, 0.4) is 0 Å². The van der Waals surface area contributed by atoms with Crippen LogP contribution in [0.4, 0.5) is 0 Å². The van der Waals surface area contributed by atoms with Crippen LogP contribution in [0.5, 0.6) is 0 Å². The molecule has 0 N–H and O–H groups in total. The van der Waals surface area contributed by atoms with Gasteiger partial charge in [0.2, 0.25) is 16.7 Å². The molecule has 0 bridgehead atoms. The summed E-state index contributed by atoms with van der Waals surface area (Å²) in [5, 5.41) is 0. The van der Waals surface area contributed by atoms with Crippen molar-refractivity contribution in [3.63, 3.8) is 0 Å². The van der Waals surface area contributed by atoms with Crippen molar-refractivity contribution in [3.8, 4) is 0 Å². The molecule has 51 heavy (non-hydrogen) atoms. The smallest absolute Gasteiger partial charge is 0.234 e. The lowest BCUT2D eigenvalue weighted by atomic mass is 9.99. The number of rotatable bonds is 38. The lowest BCUT2D eigenvalue weighted by Crippen LogP contribution is -2.26. The maximum atomic E-state index is 9.45. The highest BCUT2D eigenvalue weighted by Crippen LogP contribution is 2.19. The van der Waals surface area contributed by atoms with Crippen LogP contribution in [0.25, 0.3) is 0 Å². The normalized spacial score (nSPS) is 13.2. The van der Waals surface area contributed by atoms with Crippen LogP contribution < -0.4 is 0 Å². The Morgan fingerprint density at radius 2 is 0.824 bits per heavy atom. The van der Waals surface area contributed by atoms with Crippen molar-refractivity contribution >= 4 is 16.7 Å². The third kappa shape index (κ3) is 37.4. The molecule has 7 heteroatoms. The summed E-state index contributed by atoms with van der Waals surface area (Å²) in [5.41, 5.74) is 0. The van der Waals surface area contributed by atoms with E-state index >= 15 is 0 Å². The molecule has 0 saturated heterocycles. The molecule has 1 aliphatic rings. The topological polar surface area (TPSA) is 72.7 Å². The van der Waals surface area contributed by atoms with Gasteiger partial charge < -0.3 is 4.55 Å². The van der Waals surface area contributed by atoms with Crippen LogP contribution >= 0.6 is 0 Å². The summed E-state index contributed by atoms with van der Waals surface area (Å²) in [6, 6.07) is 0.796. The Morgan fingerprint density at radius 1 is 0.529 bits per heavy atom. The average Bonchev–Trinajstić information content (AvgIpc) is 3.59. The predicted molar refractivity (Wildman–Crippen MR) is 222 cm³/mol. The quantitative estimate of drug-likeness (QED) is 0.0272. The highest BCUT2D eigenvalue weighted by Gasteiger charge is 2.24. The van der Waals surface area contributed by atoms with Gasteiger partial charge in [0.25, 0.3) is 0 Å². The Kier molecular flexibility index (Phi) is 38.5. The van der Waals surface area contributed by atoms with E-state index < -0.39 is 10.4 Å². The number of nitrogens with zero attached hydrogens (tertiary/aromatic N) is 2. The molecule has 6 nitrogen and oxygen atoms in total. The summed E-state index contributed by atoms with van der Waals surface area (Å²) in [6.07, 6.45) is 52.2. The van der Waals surface area contributed by atoms with E-state index in [1.807, 2.05) is 0 Å². The largest absolute Gasteiger partial charge is 0.726 e. The summed E-state index contributed by atoms with van der Waals surface area (Å²) in [5.74, 6) is 0. The van der Waals surface area contributed by atoms with Crippen LogP contribution in [0.2, 0.25) is 0 Å². The molecule has 0 spiro atoms. The van der Waals surface area contributed by atoms with Crippen LogP contribution in [-0.4, -0.2) is 61.1 Å². The van der Waals surface area contributed by atoms with Gasteiger partial charge in [-0.15, -0.1) is 0 Å². The first-order valence-electron chi connectivity index (χ1n) is 22.8. The minimum absolute atomic E-state index is 0.0914. The maximum absolute atomic E-state index is 9.45. The first-order chi connectivity index (χ1) is 24.9. The first-order valence-corrected chi connectivity index (χ1v) is 24.2. The minimum Gasteiger partial charge on any atom is -0.726 e. The molecular formula is C44H90N2O4S. The highest BCUT2D eigenvalue weighted by atomic mass is 32.3. The zero-order valence-electron chi connectivity index (χ0n) is 35.0. The fraction of sp³-hybridized carbons (Fsp3) is 0.977. The van der Waals surface area contributed by atoms with E-state index in [-0.39, 0.29) is 6.61 Å². The Labute approximate surface area is 320 Å². The monoisotopic (exact) mass is 743 g/mol. The van der Waals surface area contributed by atoms with E-state index in [9.17, 15) is 13.0 Å². The van der Waals surface area contributed by atoms with E-state index in [0.717, 1.165) is 6.04 Å². The van der Waals surface area contributed by atoms with Gasteiger partial charge in [-0.05, 0) is 39.5 Å². The van der Waals surface area contributed by atoms with Crippen LogP contribution in [-0.2, 0) is 14.6 Å². The van der Waals surface area contributed by atoms with Crippen molar-refractivity contribution in [2.24, 2.45) is 0 Å². The molecule has 0 aliphatic carbocycles. The second-order valence-corrected chi connectivity index (χ2v) is 16.7. The zero-order valence-corrected chi connectivity index (χ0v) is 35.8. The Bertz CT molecular complexity index is 799. The van der Waals surface area contributed by atoms with E-state index in [4.69, 9.17) is 0 Å². The fourth-order valence-corrected chi connectivity index (χ4v) is 7.85. The number of unbranched alkanes of at least 4 members (excludes halogenated alkanes) is 30. The van der Waals surface area contributed by atoms with Crippen molar-refractivity contribution in [3.05, 3.63) is 0 Å². The van der Waals surface area contributed by atoms with Gasteiger partial charge in [-0.1, -0.05) is 206 Å². The lowest BCUT2D eigenvalue weighted by Gasteiger charge is -2.16. The van der Waals surface area contributed by atoms with E-state index in [1.54, 1.807) is 0 Å². The van der Waals surface area contributed by atoms with Gasteiger partial charge in [0.05, 0.1) is 19.2 Å². The van der Waals surface area contributed by atoms with Gasteiger partial charge in [0.15, 0.2) is 0 Å². The predicted octanol–water partition coefficient (Wildman–Crippen LogP) is 13.5. The van der Waals surface area contributed by atoms with Gasteiger partial charge in [0, 0.05) is 0 Å². The average molecular weight is 743 g/mol. The Morgan fingerprint density at radius 3 is 1.04 bits per heavy atom. The standard InChI is InChI=1S/C42H85N2.C2H6O4S/c1-4-7-9-11-13-15-17-19-21-23-25-27-29-31-33-35-37-42(44-40-39-43(6-3)41-44)38-36-34-32-30-28-26-24-22-20-18-16-14-12-10-8-5-2;1-2-6-7(3,4)5/h41-42H,4-40H2,1-3H3;2H2,1H3,(H,3,4,5)/q+1;/p-1. The third-order valence-corrected chi connectivity index (χ3v) is 11.4. The number of likely N-dealkylation sites (N-methyl/N-ethyl adjacent to an activating group) is 1. The Balaban J connectivity index is 0.00000321. The molecule has 0 aromatic carbocycles. The van der Waals surface area contributed by atoms with Crippen molar-refractivity contribution in [2.75, 3.05) is 26.2 Å². The third-order valence-electron chi connectivity index (χ3n) is 10.9. The van der Waals surface area contributed by atoms with Crippen molar-refractivity contribution in [1.29, 1.82) is 0 Å². The van der Waals surface area contributed by atoms with Crippen molar-refractivity contribution in [2.45, 2.75) is 252 Å². The van der Waals surface area contributed by atoms with Gasteiger partial charge in [-0.3, -0.25) is 13.7 Å². The highest BCUT2D eigenvalue weighted by molar-refractivity contribution is 7.80. The summed E-state index contributed by atoms with van der Waals surface area (Å²) in [4.78, 5) is 2.52. The number of hydrogen-bond acceptors (Lipinski definition) is 5. The van der Waals surface area contributed by atoms with Crippen LogP contribution in [0, 0.1) is 0 Å². The summed E-state index contributed by atoms with van der Waals surface area (Å²) in [6.45, 7) is 11.9. The van der Waals surface area contributed by atoms with E-state index in [1.165, 1.54) is 245 Å². The molecular weight excluding hydrogens is 653 g/mol. The fourth-order valence-electron chi connectivity index (χ4n) is 7.56. The first kappa shape index (κ1) is 50.3. The molecule has 0 amide bonds. The molecule has 1 rings (SSSR count). The van der Waals surface area contributed by atoms with Gasteiger partial charge in [-0.25, -0.2) is 8.42 Å².